The summed E-state index contributed by atoms with van der Waals surface area (Å²) in [6.45, 7) is 2.25. The Morgan fingerprint density at radius 3 is 2.72 bits per heavy atom. The zero-order chi connectivity index (χ0) is 13.0. The van der Waals surface area contributed by atoms with Crippen LogP contribution in [-0.2, 0) is 10.2 Å². The highest BCUT2D eigenvalue weighted by Gasteiger charge is 2.36. The molecule has 0 unspecified atom stereocenters. The molecule has 0 aliphatic heterocycles. The van der Waals surface area contributed by atoms with E-state index < -0.39 is 0 Å². The number of benzene rings is 1. The van der Waals surface area contributed by atoms with E-state index in [-0.39, 0.29) is 11.2 Å². The van der Waals surface area contributed by atoms with Gasteiger partial charge in [-0.05, 0) is 30.4 Å². The van der Waals surface area contributed by atoms with E-state index in [1.165, 1.54) is 5.56 Å². The Morgan fingerprint density at radius 1 is 1.33 bits per heavy atom. The molecule has 1 aliphatic carbocycles. The number of carbonyl (C=O) groups is 1. The van der Waals surface area contributed by atoms with Crippen molar-refractivity contribution < 1.29 is 4.79 Å². The Labute approximate surface area is 117 Å². The van der Waals surface area contributed by atoms with E-state index in [2.05, 4.69) is 53.2 Å². The first-order valence-electron chi connectivity index (χ1n) is 6.50. The lowest BCUT2D eigenvalue weighted by Crippen LogP contribution is -2.34. The molecule has 2 rings (SSSR count). The van der Waals surface area contributed by atoms with Gasteiger partial charge in [-0.3, -0.25) is 4.79 Å². The molecule has 0 amide bonds. The quantitative estimate of drug-likeness (QED) is 0.759. The molecule has 96 valence electrons. The van der Waals surface area contributed by atoms with Gasteiger partial charge < -0.3 is 0 Å². The minimum atomic E-state index is -0.00264. The van der Waals surface area contributed by atoms with Crippen LogP contribution in [-0.4, -0.2) is 11.1 Å². The van der Waals surface area contributed by atoms with Crippen molar-refractivity contribution in [2.75, 3.05) is 5.33 Å². The van der Waals surface area contributed by atoms with Crippen LogP contribution in [0.25, 0.3) is 0 Å². The summed E-state index contributed by atoms with van der Waals surface area (Å²) in [6, 6.07) is 10.5. The van der Waals surface area contributed by atoms with Crippen molar-refractivity contribution in [3.05, 3.63) is 48.0 Å². The number of allylic oxidation sites excluding steroid dienone is 2. The van der Waals surface area contributed by atoms with E-state index in [0.29, 0.717) is 12.3 Å². The van der Waals surface area contributed by atoms with Crippen LogP contribution in [0, 0.1) is 5.92 Å². The molecule has 0 spiro atoms. The first-order valence-corrected chi connectivity index (χ1v) is 7.62. The minimum Gasteiger partial charge on any atom is -0.295 e. The number of hydrogen-bond acceptors (Lipinski definition) is 1. The Kier molecular flexibility index (Phi) is 4.39. The molecule has 0 fully saturated rings. The average molecular weight is 307 g/mol. The molecule has 0 heterocycles. The smallest absolute Gasteiger partial charge is 0.155 e. The van der Waals surface area contributed by atoms with Crippen molar-refractivity contribution >= 4 is 21.7 Å². The maximum absolute atomic E-state index is 11.7. The van der Waals surface area contributed by atoms with Gasteiger partial charge in [0.05, 0.1) is 0 Å². The van der Waals surface area contributed by atoms with E-state index in [1.807, 2.05) is 6.07 Å². The molecule has 2 atom stereocenters. The summed E-state index contributed by atoms with van der Waals surface area (Å²) in [6.07, 6.45) is 6.75. The molecule has 0 aromatic heterocycles. The standard InChI is InChI=1S/C16H19BrO/c1-16(13-6-3-2-4-7-13)10-9-15(18)12-14(16)8-5-11-17/h2-4,6-7,9-10,14H,5,8,11-12H2,1H3/t14-,16+/m1/s1. The third-order valence-electron chi connectivity index (χ3n) is 3.99. The normalized spacial score (nSPS) is 27.4. The Morgan fingerprint density at radius 2 is 2.06 bits per heavy atom. The lowest BCUT2D eigenvalue weighted by molar-refractivity contribution is -0.116. The maximum Gasteiger partial charge on any atom is 0.155 e. The number of alkyl halides is 1. The van der Waals surface area contributed by atoms with Crippen molar-refractivity contribution in [2.24, 2.45) is 5.92 Å². The number of hydrogen-bond donors (Lipinski definition) is 0. The lowest BCUT2D eigenvalue weighted by Gasteiger charge is -2.38. The summed E-state index contributed by atoms with van der Waals surface area (Å²) in [7, 11) is 0. The van der Waals surface area contributed by atoms with Gasteiger partial charge in [0.2, 0.25) is 0 Å². The zero-order valence-electron chi connectivity index (χ0n) is 10.7. The molecule has 2 heteroatoms. The molecule has 0 saturated heterocycles. The fourth-order valence-electron chi connectivity index (χ4n) is 2.78. The first kappa shape index (κ1) is 13.5. The van der Waals surface area contributed by atoms with E-state index in [4.69, 9.17) is 0 Å². The highest BCUT2D eigenvalue weighted by molar-refractivity contribution is 9.09. The van der Waals surface area contributed by atoms with Gasteiger partial charge in [-0.1, -0.05) is 59.3 Å². The highest BCUT2D eigenvalue weighted by atomic mass is 79.9. The van der Waals surface area contributed by atoms with Crippen molar-refractivity contribution in [1.29, 1.82) is 0 Å². The Balaban J connectivity index is 2.31. The molecule has 0 N–H and O–H groups in total. The summed E-state index contributed by atoms with van der Waals surface area (Å²) in [5, 5.41) is 1.01. The van der Waals surface area contributed by atoms with E-state index in [1.54, 1.807) is 6.08 Å². The minimum absolute atomic E-state index is 0.00264. The predicted octanol–water partition coefficient (Wildman–Crippen LogP) is 4.26. The fourth-order valence-corrected chi connectivity index (χ4v) is 3.10. The third kappa shape index (κ3) is 2.74. The van der Waals surface area contributed by atoms with Gasteiger partial charge in [-0.15, -0.1) is 0 Å². The van der Waals surface area contributed by atoms with Crippen LogP contribution in [0.15, 0.2) is 42.5 Å². The molecule has 1 aromatic carbocycles. The number of halogens is 1. The molecular formula is C16H19BrO. The van der Waals surface area contributed by atoms with Crippen LogP contribution < -0.4 is 0 Å². The lowest BCUT2D eigenvalue weighted by atomic mass is 9.65. The molecular weight excluding hydrogens is 288 g/mol. The van der Waals surface area contributed by atoms with Gasteiger partial charge >= 0.3 is 0 Å². The van der Waals surface area contributed by atoms with Gasteiger partial charge in [-0.2, -0.15) is 0 Å². The van der Waals surface area contributed by atoms with Gasteiger partial charge in [-0.25, -0.2) is 0 Å². The SMILES string of the molecule is C[C@@]1(c2ccccc2)C=CC(=O)C[C@H]1CCCBr. The highest BCUT2D eigenvalue weighted by Crippen LogP contribution is 2.41. The van der Waals surface area contributed by atoms with Gasteiger partial charge in [0.25, 0.3) is 0 Å². The third-order valence-corrected chi connectivity index (χ3v) is 4.55. The molecule has 0 bridgehead atoms. The molecule has 0 radical (unpaired) electrons. The van der Waals surface area contributed by atoms with Crippen LogP contribution in [0.4, 0.5) is 0 Å². The summed E-state index contributed by atoms with van der Waals surface area (Å²) < 4.78 is 0. The summed E-state index contributed by atoms with van der Waals surface area (Å²) in [5.74, 6) is 0.679. The average Bonchev–Trinajstić information content (AvgIpc) is 2.41. The monoisotopic (exact) mass is 306 g/mol. The summed E-state index contributed by atoms with van der Waals surface area (Å²) >= 11 is 3.48. The second-order valence-corrected chi connectivity index (χ2v) is 5.97. The van der Waals surface area contributed by atoms with Crippen LogP contribution in [0.5, 0.6) is 0 Å². The van der Waals surface area contributed by atoms with Crippen molar-refractivity contribution in [3.8, 4) is 0 Å². The van der Waals surface area contributed by atoms with Crippen LogP contribution in [0.1, 0.15) is 31.7 Å². The number of ketones is 1. The topological polar surface area (TPSA) is 17.1 Å². The molecule has 18 heavy (non-hydrogen) atoms. The largest absolute Gasteiger partial charge is 0.295 e. The van der Waals surface area contributed by atoms with E-state index in [9.17, 15) is 4.79 Å². The van der Waals surface area contributed by atoms with Crippen LogP contribution in [0.3, 0.4) is 0 Å². The Hall–Kier alpha value is -0.890. The summed E-state index contributed by atoms with van der Waals surface area (Å²) in [5.41, 5.74) is 1.31. The van der Waals surface area contributed by atoms with Crippen LogP contribution in [0.2, 0.25) is 0 Å². The van der Waals surface area contributed by atoms with Gasteiger partial charge in [0.15, 0.2) is 5.78 Å². The molecule has 1 aromatic rings. The van der Waals surface area contributed by atoms with Crippen molar-refractivity contribution in [2.45, 2.75) is 31.6 Å². The summed E-state index contributed by atoms with van der Waals surface area (Å²) in [4.78, 5) is 11.7. The molecule has 1 aliphatic rings. The Bertz CT molecular complexity index is 438. The second-order valence-electron chi connectivity index (χ2n) is 5.18. The van der Waals surface area contributed by atoms with Gasteiger partial charge in [0, 0.05) is 17.2 Å². The zero-order valence-corrected chi connectivity index (χ0v) is 12.3. The van der Waals surface area contributed by atoms with E-state index in [0.717, 1.165) is 18.2 Å². The first-order chi connectivity index (χ1) is 8.66. The number of carbonyl (C=O) groups excluding carboxylic acids is 1. The number of rotatable bonds is 4. The van der Waals surface area contributed by atoms with Gasteiger partial charge in [0.1, 0.15) is 0 Å². The fraction of sp³-hybridized carbons (Fsp3) is 0.438. The second kappa shape index (κ2) is 5.83. The molecule has 0 saturated carbocycles. The maximum atomic E-state index is 11.7. The van der Waals surface area contributed by atoms with E-state index >= 15 is 0 Å². The van der Waals surface area contributed by atoms with Crippen molar-refractivity contribution in [3.63, 3.8) is 0 Å². The molecule has 1 nitrogen and oxygen atoms in total. The predicted molar refractivity (Wildman–Crippen MR) is 79.1 cm³/mol. The van der Waals surface area contributed by atoms with Crippen molar-refractivity contribution in [1.82, 2.24) is 0 Å². The van der Waals surface area contributed by atoms with Crippen LogP contribution >= 0.6 is 15.9 Å².